The first kappa shape index (κ1) is 10.7. The highest BCUT2D eigenvalue weighted by atomic mass is 16.3. The van der Waals surface area contributed by atoms with E-state index in [2.05, 4.69) is 10.2 Å². The largest absolute Gasteiger partial charge is 0.508 e. The lowest BCUT2D eigenvalue weighted by Crippen LogP contribution is -2.01. The molecule has 0 aliphatic rings. The standard InChI is InChI=1S/C12H15N3O/c13-7-1-2-12-11(8-14-15-12)9-3-5-10(16)6-4-9/h3-6,8,16H,1-2,7,13H2,(H,14,15). The van der Waals surface area contributed by atoms with Gasteiger partial charge in [-0.2, -0.15) is 5.10 Å². The van der Waals surface area contributed by atoms with Crippen LogP contribution < -0.4 is 5.73 Å². The zero-order valence-corrected chi connectivity index (χ0v) is 8.98. The van der Waals surface area contributed by atoms with Crippen molar-refractivity contribution in [2.75, 3.05) is 6.54 Å². The van der Waals surface area contributed by atoms with Crippen molar-refractivity contribution in [3.63, 3.8) is 0 Å². The Hall–Kier alpha value is -1.81. The summed E-state index contributed by atoms with van der Waals surface area (Å²) in [6, 6.07) is 7.11. The normalized spacial score (nSPS) is 10.6. The molecule has 2 rings (SSSR count). The lowest BCUT2D eigenvalue weighted by molar-refractivity contribution is 0.475. The first-order chi connectivity index (χ1) is 7.81. The van der Waals surface area contributed by atoms with E-state index in [-0.39, 0.29) is 5.75 Å². The number of aromatic nitrogens is 2. The van der Waals surface area contributed by atoms with E-state index < -0.39 is 0 Å². The third-order valence-electron chi connectivity index (χ3n) is 2.53. The zero-order valence-electron chi connectivity index (χ0n) is 8.98. The third-order valence-corrected chi connectivity index (χ3v) is 2.53. The molecule has 16 heavy (non-hydrogen) atoms. The van der Waals surface area contributed by atoms with Crippen LogP contribution in [0.2, 0.25) is 0 Å². The molecule has 0 unspecified atom stereocenters. The highest BCUT2D eigenvalue weighted by Crippen LogP contribution is 2.24. The van der Waals surface area contributed by atoms with Crippen LogP contribution >= 0.6 is 0 Å². The van der Waals surface area contributed by atoms with Crippen LogP contribution in [-0.2, 0) is 6.42 Å². The van der Waals surface area contributed by atoms with Crippen LogP contribution in [0.4, 0.5) is 0 Å². The fourth-order valence-corrected chi connectivity index (χ4v) is 1.67. The number of nitrogens with two attached hydrogens (primary N) is 1. The zero-order chi connectivity index (χ0) is 11.4. The van der Waals surface area contributed by atoms with E-state index in [1.54, 1.807) is 18.3 Å². The van der Waals surface area contributed by atoms with Crippen molar-refractivity contribution in [1.29, 1.82) is 0 Å². The molecule has 0 aliphatic heterocycles. The number of nitrogens with zero attached hydrogens (tertiary/aromatic N) is 1. The molecule has 4 heteroatoms. The second kappa shape index (κ2) is 4.81. The summed E-state index contributed by atoms with van der Waals surface area (Å²) in [4.78, 5) is 0. The van der Waals surface area contributed by atoms with Gasteiger partial charge in [-0.15, -0.1) is 0 Å². The van der Waals surface area contributed by atoms with Crippen LogP contribution in [0.1, 0.15) is 12.1 Å². The molecule has 0 bridgehead atoms. The number of hydrogen-bond acceptors (Lipinski definition) is 3. The molecule has 1 aromatic heterocycles. The number of rotatable bonds is 4. The summed E-state index contributed by atoms with van der Waals surface area (Å²) in [5.41, 5.74) is 8.71. The van der Waals surface area contributed by atoms with E-state index in [9.17, 15) is 5.11 Å². The minimum Gasteiger partial charge on any atom is -0.508 e. The van der Waals surface area contributed by atoms with Crippen LogP contribution in [0.15, 0.2) is 30.5 Å². The van der Waals surface area contributed by atoms with Crippen LogP contribution in [0, 0.1) is 0 Å². The summed E-state index contributed by atoms with van der Waals surface area (Å²) in [6.07, 6.45) is 3.64. The number of benzene rings is 1. The smallest absolute Gasteiger partial charge is 0.115 e. The lowest BCUT2D eigenvalue weighted by Gasteiger charge is -2.02. The Kier molecular flexibility index (Phi) is 3.22. The quantitative estimate of drug-likeness (QED) is 0.729. The molecule has 4 N–H and O–H groups in total. The van der Waals surface area contributed by atoms with Gasteiger partial charge in [0.05, 0.1) is 6.20 Å². The van der Waals surface area contributed by atoms with E-state index >= 15 is 0 Å². The van der Waals surface area contributed by atoms with Gasteiger partial charge in [0.2, 0.25) is 0 Å². The first-order valence-electron chi connectivity index (χ1n) is 5.33. The second-order valence-electron chi connectivity index (χ2n) is 3.70. The molecule has 4 nitrogen and oxygen atoms in total. The van der Waals surface area contributed by atoms with Crippen molar-refractivity contribution < 1.29 is 5.11 Å². The number of H-pyrrole nitrogens is 1. The summed E-state index contributed by atoms with van der Waals surface area (Å²) in [6.45, 7) is 0.675. The van der Waals surface area contributed by atoms with Crippen molar-refractivity contribution in [3.8, 4) is 16.9 Å². The predicted molar refractivity (Wildman–Crippen MR) is 63.1 cm³/mol. The van der Waals surface area contributed by atoms with E-state index in [0.29, 0.717) is 6.54 Å². The van der Waals surface area contributed by atoms with Gasteiger partial charge >= 0.3 is 0 Å². The maximum Gasteiger partial charge on any atom is 0.115 e. The van der Waals surface area contributed by atoms with Crippen molar-refractivity contribution in [1.82, 2.24) is 10.2 Å². The predicted octanol–water partition coefficient (Wildman–Crippen LogP) is 1.67. The highest BCUT2D eigenvalue weighted by molar-refractivity contribution is 5.65. The van der Waals surface area contributed by atoms with E-state index in [1.165, 1.54) is 0 Å². The Labute approximate surface area is 94.1 Å². The molecule has 0 saturated carbocycles. The Bertz CT molecular complexity index is 448. The number of aromatic hydroxyl groups is 1. The molecule has 0 amide bonds. The number of hydrogen-bond donors (Lipinski definition) is 3. The van der Waals surface area contributed by atoms with Crippen molar-refractivity contribution in [3.05, 3.63) is 36.2 Å². The first-order valence-corrected chi connectivity index (χ1v) is 5.33. The molecule has 0 spiro atoms. The summed E-state index contributed by atoms with van der Waals surface area (Å²) in [5.74, 6) is 0.274. The minimum atomic E-state index is 0.274. The van der Waals surface area contributed by atoms with Gasteiger partial charge in [0, 0.05) is 11.3 Å². The maximum atomic E-state index is 9.22. The van der Waals surface area contributed by atoms with Crippen LogP contribution in [0.5, 0.6) is 5.75 Å². The topological polar surface area (TPSA) is 74.9 Å². The van der Waals surface area contributed by atoms with E-state index in [0.717, 1.165) is 29.7 Å². The molecule has 0 atom stereocenters. The number of nitrogens with one attached hydrogen (secondary N) is 1. The molecular weight excluding hydrogens is 202 g/mol. The van der Waals surface area contributed by atoms with Crippen molar-refractivity contribution >= 4 is 0 Å². The van der Waals surface area contributed by atoms with Crippen LogP contribution in [0.25, 0.3) is 11.1 Å². The van der Waals surface area contributed by atoms with Gasteiger partial charge in [0.1, 0.15) is 5.75 Å². The van der Waals surface area contributed by atoms with Gasteiger partial charge in [-0.3, -0.25) is 5.10 Å². The van der Waals surface area contributed by atoms with Gasteiger partial charge in [0.15, 0.2) is 0 Å². The SMILES string of the molecule is NCCCc1[nH]ncc1-c1ccc(O)cc1. The maximum absolute atomic E-state index is 9.22. The van der Waals surface area contributed by atoms with Gasteiger partial charge in [0.25, 0.3) is 0 Å². The molecule has 2 aromatic rings. The van der Waals surface area contributed by atoms with Gasteiger partial charge in [-0.05, 0) is 37.1 Å². The van der Waals surface area contributed by atoms with Crippen molar-refractivity contribution in [2.24, 2.45) is 5.73 Å². The number of phenols is 1. The monoisotopic (exact) mass is 217 g/mol. The summed E-state index contributed by atoms with van der Waals surface area (Å²) in [5, 5.41) is 16.3. The average Bonchev–Trinajstić information content (AvgIpc) is 2.75. The lowest BCUT2D eigenvalue weighted by atomic mass is 10.0. The summed E-state index contributed by atoms with van der Waals surface area (Å²) >= 11 is 0. The number of aryl methyl sites for hydroxylation is 1. The van der Waals surface area contributed by atoms with E-state index in [1.807, 2.05) is 12.1 Å². The van der Waals surface area contributed by atoms with Gasteiger partial charge in [-0.25, -0.2) is 0 Å². The molecule has 0 saturated heterocycles. The third kappa shape index (κ3) is 2.23. The molecule has 1 heterocycles. The Morgan fingerprint density at radius 2 is 2.00 bits per heavy atom. The molecule has 84 valence electrons. The number of aromatic amines is 1. The van der Waals surface area contributed by atoms with Crippen LogP contribution in [0.3, 0.4) is 0 Å². The molecule has 1 aromatic carbocycles. The summed E-state index contributed by atoms with van der Waals surface area (Å²) in [7, 11) is 0. The Morgan fingerprint density at radius 1 is 1.25 bits per heavy atom. The Balaban J connectivity index is 2.26. The Morgan fingerprint density at radius 3 is 2.69 bits per heavy atom. The molecule has 0 aliphatic carbocycles. The molecular formula is C12H15N3O. The average molecular weight is 217 g/mol. The van der Waals surface area contributed by atoms with E-state index in [4.69, 9.17) is 5.73 Å². The minimum absolute atomic E-state index is 0.274. The molecule has 0 radical (unpaired) electrons. The number of phenolic OH excluding ortho intramolecular Hbond substituents is 1. The second-order valence-corrected chi connectivity index (χ2v) is 3.70. The fraction of sp³-hybridized carbons (Fsp3) is 0.250. The van der Waals surface area contributed by atoms with Crippen molar-refractivity contribution in [2.45, 2.75) is 12.8 Å². The highest BCUT2D eigenvalue weighted by Gasteiger charge is 2.06. The summed E-state index contributed by atoms with van der Waals surface area (Å²) < 4.78 is 0. The molecule has 0 fully saturated rings. The van der Waals surface area contributed by atoms with Gasteiger partial charge in [-0.1, -0.05) is 12.1 Å². The van der Waals surface area contributed by atoms with Gasteiger partial charge < -0.3 is 10.8 Å². The van der Waals surface area contributed by atoms with Crippen LogP contribution in [-0.4, -0.2) is 21.8 Å². The fourth-order valence-electron chi connectivity index (χ4n) is 1.67.